The van der Waals surface area contributed by atoms with Crippen LogP contribution in [0.3, 0.4) is 0 Å². The van der Waals surface area contributed by atoms with Crippen LogP contribution in [0.25, 0.3) is 0 Å². The fourth-order valence-electron chi connectivity index (χ4n) is 3.25. The molecule has 0 saturated carbocycles. The third-order valence-corrected chi connectivity index (χ3v) is 4.90. The number of rotatable bonds is 18. The van der Waals surface area contributed by atoms with E-state index in [1.54, 1.807) is 7.11 Å². The molecule has 0 saturated heterocycles. The number of hydrogen-bond acceptors (Lipinski definition) is 3. The van der Waals surface area contributed by atoms with Crippen LogP contribution >= 0.6 is 0 Å². The SMILES string of the molecule is CCCCCCCCCCCCCCCCc1cn(CCOC)nn1. The average molecular weight is 352 g/mol. The Morgan fingerprint density at radius 2 is 1.32 bits per heavy atom. The molecule has 1 aromatic rings. The maximum atomic E-state index is 5.05. The number of nitrogens with zero attached hydrogens (tertiary/aromatic N) is 3. The lowest BCUT2D eigenvalue weighted by atomic mass is 10.0. The maximum Gasteiger partial charge on any atom is 0.0827 e. The molecule has 1 rings (SSSR count). The largest absolute Gasteiger partial charge is 0.383 e. The molecule has 0 aliphatic rings. The quantitative estimate of drug-likeness (QED) is 0.307. The van der Waals surface area contributed by atoms with E-state index in [0.717, 1.165) is 18.7 Å². The summed E-state index contributed by atoms with van der Waals surface area (Å²) in [6.07, 6.45) is 22.8. The molecule has 0 atom stereocenters. The fraction of sp³-hybridized carbons (Fsp3) is 0.905. The summed E-state index contributed by atoms with van der Waals surface area (Å²) in [6, 6.07) is 0. The van der Waals surface area contributed by atoms with Crippen molar-refractivity contribution in [1.82, 2.24) is 15.0 Å². The van der Waals surface area contributed by atoms with E-state index < -0.39 is 0 Å². The van der Waals surface area contributed by atoms with Crippen molar-refractivity contribution in [2.45, 2.75) is 110 Å². The number of methoxy groups -OCH3 is 1. The Morgan fingerprint density at radius 3 is 1.84 bits per heavy atom. The van der Waals surface area contributed by atoms with Crippen molar-refractivity contribution in [2.75, 3.05) is 13.7 Å². The smallest absolute Gasteiger partial charge is 0.0827 e. The second-order valence-corrected chi connectivity index (χ2v) is 7.31. The van der Waals surface area contributed by atoms with E-state index in [4.69, 9.17) is 4.74 Å². The summed E-state index contributed by atoms with van der Waals surface area (Å²) >= 11 is 0. The van der Waals surface area contributed by atoms with Crippen molar-refractivity contribution in [3.05, 3.63) is 11.9 Å². The van der Waals surface area contributed by atoms with Gasteiger partial charge in [-0.1, -0.05) is 95.6 Å². The van der Waals surface area contributed by atoms with Crippen molar-refractivity contribution >= 4 is 0 Å². The van der Waals surface area contributed by atoms with Crippen LogP contribution in [0.2, 0.25) is 0 Å². The summed E-state index contributed by atoms with van der Waals surface area (Å²) in [7, 11) is 1.71. The van der Waals surface area contributed by atoms with Gasteiger partial charge in [-0.25, -0.2) is 4.68 Å². The molecule has 0 aliphatic heterocycles. The highest BCUT2D eigenvalue weighted by Crippen LogP contribution is 2.13. The molecule has 4 heteroatoms. The Hall–Kier alpha value is -0.900. The number of aromatic nitrogens is 3. The first kappa shape index (κ1) is 22.1. The van der Waals surface area contributed by atoms with E-state index in [-0.39, 0.29) is 0 Å². The highest BCUT2D eigenvalue weighted by Gasteiger charge is 2.00. The molecule has 4 nitrogen and oxygen atoms in total. The minimum Gasteiger partial charge on any atom is -0.383 e. The Labute approximate surface area is 155 Å². The van der Waals surface area contributed by atoms with Gasteiger partial charge in [0.25, 0.3) is 0 Å². The number of hydrogen-bond donors (Lipinski definition) is 0. The minimum absolute atomic E-state index is 0.696. The fourth-order valence-corrected chi connectivity index (χ4v) is 3.25. The van der Waals surface area contributed by atoms with Crippen LogP contribution in [0.5, 0.6) is 0 Å². The first-order valence-corrected chi connectivity index (χ1v) is 10.7. The standard InChI is InChI=1S/C21H41N3O/c1-3-4-5-6-7-8-9-10-11-12-13-14-15-16-17-21-20-24(23-22-21)18-19-25-2/h20H,3-19H2,1-2H3. The second-order valence-electron chi connectivity index (χ2n) is 7.31. The van der Waals surface area contributed by atoms with Crippen molar-refractivity contribution in [1.29, 1.82) is 0 Å². The Bertz CT molecular complexity index is 392. The summed E-state index contributed by atoms with van der Waals surface area (Å²) < 4.78 is 6.93. The molecule has 1 heterocycles. The number of ether oxygens (including phenoxy) is 1. The summed E-state index contributed by atoms with van der Waals surface area (Å²) in [4.78, 5) is 0. The third-order valence-electron chi connectivity index (χ3n) is 4.90. The van der Waals surface area contributed by atoms with Crippen LogP contribution in [0.4, 0.5) is 0 Å². The summed E-state index contributed by atoms with van der Waals surface area (Å²) in [6.45, 7) is 3.78. The van der Waals surface area contributed by atoms with Gasteiger partial charge >= 0.3 is 0 Å². The van der Waals surface area contributed by atoms with E-state index in [1.807, 2.05) is 4.68 Å². The zero-order chi connectivity index (χ0) is 18.0. The zero-order valence-electron chi connectivity index (χ0n) is 16.8. The van der Waals surface area contributed by atoms with Gasteiger partial charge in [0.2, 0.25) is 0 Å². The molecule has 0 amide bonds. The molecular weight excluding hydrogens is 310 g/mol. The lowest BCUT2D eigenvalue weighted by Crippen LogP contribution is -2.04. The normalized spacial score (nSPS) is 11.3. The highest BCUT2D eigenvalue weighted by atomic mass is 16.5. The van der Waals surface area contributed by atoms with E-state index in [9.17, 15) is 0 Å². The number of aryl methyl sites for hydroxylation is 1. The lowest BCUT2D eigenvalue weighted by molar-refractivity contribution is 0.183. The van der Waals surface area contributed by atoms with Crippen LogP contribution in [0.15, 0.2) is 6.20 Å². The van der Waals surface area contributed by atoms with Crippen LogP contribution < -0.4 is 0 Å². The maximum absolute atomic E-state index is 5.05. The predicted molar refractivity (Wildman–Crippen MR) is 106 cm³/mol. The Kier molecular flexibility index (Phi) is 14.7. The molecule has 0 spiro atoms. The van der Waals surface area contributed by atoms with Gasteiger partial charge in [-0.2, -0.15) is 0 Å². The van der Waals surface area contributed by atoms with Crippen LogP contribution in [-0.2, 0) is 17.7 Å². The topological polar surface area (TPSA) is 39.9 Å². The highest BCUT2D eigenvalue weighted by molar-refractivity contribution is 4.92. The van der Waals surface area contributed by atoms with Crippen LogP contribution in [0.1, 0.15) is 103 Å². The van der Waals surface area contributed by atoms with Crippen molar-refractivity contribution < 1.29 is 4.74 Å². The molecule has 0 aliphatic carbocycles. The van der Waals surface area contributed by atoms with Gasteiger partial charge in [0.1, 0.15) is 0 Å². The molecule has 0 unspecified atom stereocenters. The average Bonchev–Trinajstić information content (AvgIpc) is 3.08. The number of unbranched alkanes of at least 4 members (excludes halogenated alkanes) is 13. The molecule has 1 aromatic heterocycles. The zero-order valence-corrected chi connectivity index (χ0v) is 16.8. The van der Waals surface area contributed by atoms with Crippen molar-refractivity contribution in [2.24, 2.45) is 0 Å². The van der Waals surface area contributed by atoms with E-state index in [1.165, 1.54) is 89.9 Å². The molecule has 0 fully saturated rings. The van der Waals surface area contributed by atoms with Crippen LogP contribution in [-0.4, -0.2) is 28.7 Å². The van der Waals surface area contributed by atoms with Gasteiger partial charge in [0, 0.05) is 13.3 Å². The second kappa shape index (κ2) is 16.6. The predicted octanol–water partition coefficient (Wildman–Crippen LogP) is 5.95. The minimum atomic E-state index is 0.696. The van der Waals surface area contributed by atoms with E-state index >= 15 is 0 Å². The lowest BCUT2D eigenvalue weighted by Gasteiger charge is -2.03. The van der Waals surface area contributed by atoms with Gasteiger partial charge < -0.3 is 4.74 Å². The first-order valence-electron chi connectivity index (χ1n) is 10.7. The molecular formula is C21H41N3O. The molecule has 25 heavy (non-hydrogen) atoms. The van der Waals surface area contributed by atoms with Gasteiger partial charge in [0.15, 0.2) is 0 Å². The Morgan fingerprint density at radius 1 is 0.800 bits per heavy atom. The van der Waals surface area contributed by atoms with Crippen molar-refractivity contribution in [3.63, 3.8) is 0 Å². The molecule has 0 aromatic carbocycles. The first-order chi connectivity index (χ1) is 12.4. The monoisotopic (exact) mass is 351 g/mol. The van der Waals surface area contributed by atoms with E-state index in [0.29, 0.717) is 6.61 Å². The summed E-state index contributed by atoms with van der Waals surface area (Å²) in [5.41, 5.74) is 1.12. The van der Waals surface area contributed by atoms with Crippen molar-refractivity contribution in [3.8, 4) is 0 Å². The van der Waals surface area contributed by atoms with Gasteiger partial charge in [-0.3, -0.25) is 0 Å². The Balaban J connectivity index is 1.80. The van der Waals surface area contributed by atoms with Gasteiger partial charge in [-0.05, 0) is 12.8 Å². The third kappa shape index (κ3) is 13.0. The van der Waals surface area contributed by atoms with Gasteiger partial charge in [0.05, 0.1) is 18.8 Å². The summed E-state index contributed by atoms with van der Waals surface area (Å²) in [5.74, 6) is 0. The van der Waals surface area contributed by atoms with Crippen LogP contribution in [0, 0.1) is 0 Å². The van der Waals surface area contributed by atoms with Gasteiger partial charge in [-0.15, -0.1) is 5.10 Å². The molecule has 146 valence electrons. The molecule has 0 bridgehead atoms. The van der Waals surface area contributed by atoms with E-state index in [2.05, 4.69) is 23.4 Å². The molecule has 0 N–H and O–H groups in total. The molecule has 0 radical (unpaired) electrons. The summed E-state index contributed by atoms with van der Waals surface area (Å²) in [5, 5.41) is 8.35.